The van der Waals surface area contributed by atoms with Gasteiger partial charge in [-0.05, 0) is 42.2 Å². The van der Waals surface area contributed by atoms with E-state index in [1.54, 1.807) is 7.05 Å². The molecule has 26 heavy (non-hydrogen) atoms. The molecule has 1 amide bonds. The summed E-state index contributed by atoms with van der Waals surface area (Å²) in [5, 5.41) is 6.30. The molecule has 0 aliphatic rings. The molecule has 2 aromatic carbocycles. The number of rotatable bonds is 9. The molecule has 0 radical (unpaired) electrons. The van der Waals surface area contributed by atoms with Crippen LogP contribution in [0.15, 0.2) is 54.6 Å². The van der Waals surface area contributed by atoms with Crippen LogP contribution in [0, 0.1) is 5.92 Å². The van der Waals surface area contributed by atoms with Gasteiger partial charge in [0, 0.05) is 13.1 Å². The first kappa shape index (κ1) is 20.0. The van der Waals surface area contributed by atoms with Crippen LogP contribution in [-0.4, -0.2) is 19.0 Å². The molecule has 0 aromatic heterocycles. The van der Waals surface area contributed by atoms with Crippen molar-refractivity contribution in [2.24, 2.45) is 5.92 Å². The van der Waals surface area contributed by atoms with Crippen molar-refractivity contribution >= 4 is 5.91 Å². The molecule has 140 valence electrons. The van der Waals surface area contributed by atoms with Crippen LogP contribution in [0.3, 0.4) is 0 Å². The minimum Gasteiger partial charge on any atom is -0.457 e. The summed E-state index contributed by atoms with van der Waals surface area (Å²) in [4.78, 5) is 12.2. The molecule has 2 atom stereocenters. The summed E-state index contributed by atoms with van der Waals surface area (Å²) < 4.78 is 5.86. The highest BCUT2D eigenvalue weighted by atomic mass is 16.5. The van der Waals surface area contributed by atoms with Gasteiger partial charge in [0.05, 0.1) is 6.04 Å². The lowest BCUT2D eigenvalue weighted by Gasteiger charge is -2.27. The van der Waals surface area contributed by atoms with E-state index in [2.05, 4.69) is 43.5 Å². The number of carbonyl (C=O) groups is 1. The maximum absolute atomic E-state index is 12.2. The van der Waals surface area contributed by atoms with Gasteiger partial charge in [0.1, 0.15) is 11.5 Å². The molecule has 4 heteroatoms. The molecule has 0 aliphatic heterocycles. The van der Waals surface area contributed by atoms with Gasteiger partial charge in [-0.2, -0.15) is 0 Å². The first-order chi connectivity index (χ1) is 12.5. The molecular weight excluding hydrogens is 324 g/mol. The standard InChI is InChI=1S/C22H30N2O2/c1-5-9-20(24-21(16(2)3)22(25)23-4)17-12-14-19(15-13-17)26-18-10-7-6-8-11-18/h6-8,10-16,20-21,24H,5,9H2,1-4H3,(H,23,25)/t20?,21-/m0/s1. The highest BCUT2D eigenvalue weighted by Crippen LogP contribution is 2.26. The SMILES string of the molecule is CCCC(N[C@H](C(=O)NC)C(C)C)c1ccc(Oc2ccccc2)cc1. The van der Waals surface area contributed by atoms with Crippen molar-refractivity contribution in [3.63, 3.8) is 0 Å². The van der Waals surface area contributed by atoms with Crippen LogP contribution in [0.25, 0.3) is 0 Å². The zero-order chi connectivity index (χ0) is 18.9. The molecule has 0 aliphatic carbocycles. The minimum absolute atomic E-state index is 0.0325. The predicted octanol–water partition coefficient (Wildman–Crippen LogP) is 4.68. The van der Waals surface area contributed by atoms with Gasteiger partial charge in [0.25, 0.3) is 0 Å². The number of hydrogen-bond donors (Lipinski definition) is 2. The summed E-state index contributed by atoms with van der Waals surface area (Å²) in [5.74, 6) is 1.88. The van der Waals surface area contributed by atoms with Crippen molar-refractivity contribution < 1.29 is 9.53 Å². The summed E-state index contributed by atoms with van der Waals surface area (Å²) in [6.45, 7) is 6.28. The third-order valence-electron chi connectivity index (χ3n) is 4.42. The van der Waals surface area contributed by atoms with Crippen molar-refractivity contribution in [3.05, 3.63) is 60.2 Å². The Bertz CT molecular complexity index is 668. The van der Waals surface area contributed by atoms with Gasteiger partial charge in [-0.15, -0.1) is 0 Å². The van der Waals surface area contributed by atoms with Gasteiger partial charge < -0.3 is 10.1 Å². The Labute approximate surface area is 157 Å². The van der Waals surface area contributed by atoms with Gasteiger partial charge in [0.15, 0.2) is 0 Å². The molecule has 0 fully saturated rings. The van der Waals surface area contributed by atoms with Gasteiger partial charge in [-0.1, -0.05) is 57.5 Å². The number of ether oxygens (including phenoxy) is 1. The lowest BCUT2D eigenvalue weighted by Crippen LogP contribution is -2.47. The maximum atomic E-state index is 12.2. The lowest BCUT2D eigenvalue weighted by molar-refractivity contribution is -0.123. The van der Waals surface area contributed by atoms with Gasteiger partial charge in [0.2, 0.25) is 5.91 Å². The molecule has 4 nitrogen and oxygen atoms in total. The van der Waals surface area contributed by atoms with Crippen molar-refractivity contribution in [2.75, 3.05) is 7.05 Å². The summed E-state index contributed by atoms with van der Waals surface area (Å²) in [6.07, 6.45) is 2.01. The molecule has 2 N–H and O–H groups in total. The zero-order valence-corrected chi connectivity index (χ0v) is 16.2. The first-order valence-corrected chi connectivity index (χ1v) is 9.35. The van der Waals surface area contributed by atoms with Crippen molar-refractivity contribution in [2.45, 2.75) is 45.7 Å². The van der Waals surface area contributed by atoms with E-state index in [1.165, 1.54) is 5.56 Å². The van der Waals surface area contributed by atoms with E-state index in [-0.39, 0.29) is 23.9 Å². The number of likely N-dealkylation sites (N-methyl/N-ethyl adjacent to an activating group) is 1. The molecule has 2 aromatic rings. The van der Waals surface area contributed by atoms with Crippen molar-refractivity contribution in [1.29, 1.82) is 0 Å². The fourth-order valence-electron chi connectivity index (χ4n) is 2.97. The smallest absolute Gasteiger partial charge is 0.237 e. The van der Waals surface area contributed by atoms with E-state index >= 15 is 0 Å². The summed E-state index contributed by atoms with van der Waals surface area (Å²) in [7, 11) is 1.68. The van der Waals surface area contributed by atoms with E-state index < -0.39 is 0 Å². The topological polar surface area (TPSA) is 50.4 Å². The molecule has 0 heterocycles. The number of amides is 1. The number of benzene rings is 2. The minimum atomic E-state index is -0.211. The van der Waals surface area contributed by atoms with Crippen LogP contribution in [0.1, 0.15) is 45.2 Å². The predicted molar refractivity (Wildman–Crippen MR) is 106 cm³/mol. The molecular formula is C22H30N2O2. The highest BCUT2D eigenvalue weighted by Gasteiger charge is 2.24. The van der Waals surface area contributed by atoms with Crippen LogP contribution < -0.4 is 15.4 Å². The monoisotopic (exact) mass is 354 g/mol. The Morgan fingerprint density at radius 2 is 1.62 bits per heavy atom. The van der Waals surface area contributed by atoms with Gasteiger partial charge in [-0.3, -0.25) is 10.1 Å². The van der Waals surface area contributed by atoms with Crippen LogP contribution in [0.2, 0.25) is 0 Å². The highest BCUT2D eigenvalue weighted by molar-refractivity contribution is 5.81. The number of carbonyl (C=O) groups excluding carboxylic acids is 1. The summed E-state index contributed by atoms with van der Waals surface area (Å²) in [6, 6.07) is 17.8. The molecule has 2 rings (SSSR count). The van der Waals surface area contributed by atoms with Crippen LogP contribution in [-0.2, 0) is 4.79 Å². The molecule has 0 spiro atoms. The van der Waals surface area contributed by atoms with Gasteiger partial charge >= 0.3 is 0 Å². The Kier molecular flexibility index (Phi) is 7.67. The maximum Gasteiger partial charge on any atom is 0.237 e. The van der Waals surface area contributed by atoms with Crippen LogP contribution in [0.4, 0.5) is 0 Å². The van der Waals surface area contributed by atoms with E-state index in [0.717, 1.165) is 24.3 Å². The third-order valence-corrected chi connectivity index (χ3v) is 4.42. The number of nitrogens with one attached hydrogen (secondary N) is 2. The largest absolute Gasteiger partial charge is 0.457 e. The second kappa shape index (κ2) is 9.97. The van der Waals surface area contributed by atoms with Crippen LogP contribution >= 0.6 is 0 Å². The van der Waals surface area contributed by atoms with E-state index in [1.807, 2.05) is 42.5 Å². The fourth-order valence-corrected chi connectivity index (χ4v) is 2.97. The zero-order valence-electron chi connectivity index (χ0n) is 16.2. The lowest BCUT2D eigenvalue weighted by atomic mass is 9.97. The van der Waals surface area contributed by atoms with Crippen LogP contribution in [0.5, 0.6) is 11.5 Å². The average Bonchev–Trinajstić information content (AvgIpc) is 2.66. The third kappa shape index (κ3) is 5.60. The van der Waals surface area contributed by atoms with E-state index in [0.29, 0.717) is 0 Å². The number of hydrogen-bond acceptors (Lipinski definition) is 3. The Hall–Kier alpha value is -2.33. The molecule has 1 unspecified atom stereocenters. The van der Waals surface area contributed by atoms with E-state index in [4.69, 9.17) is 4.74 Å². The normalized spacial score (nSPS) is 13.3. The Balaban J connectivity index is 2.12. The summed E-state index contributed by atoms with van der Waals surface area (Å²) in [5.41, 5.74) is 1.17. The van der Waals surface area contributed by atoms with Gasteiger partial charge in [-0.25, -0.2) is 0 Å². The van der Waals surface area contributed by atoms with Crippen molar-refractivity contribution in [1.82, 2.24) is 10.6 Å². The number of para-hydroxylation sites is 1. The Morgan fingerprint density at radius 3 is 2.15 bits per heavy atom. The van der Waals surface area contributed by atoms with E-state index in [9.17, 15) is 4.79 Å². The fraction of sp³-hybridized carbons (Fsp3) is 0.409. The van der Waals surface area contributed by atoms with Crippen molar-refractivity contribution in [3.8, 4) is 11.5 Å². The average molecular weight is 354 g/mol. The second-order valence-corrected chi connectivity index (χ2v) is 6.83. The summed E-state index contributed by atoms with van der Waals surface area (Å²) >= 11 is 0. The first-order valence-electron chi connectivity index (χ1n) is 9.35. The molecule has 0 bridgehead atoms. The quantitative estimate of drug-likeness (QED) is 0.687. The molecule has 0 saturated heterocycles. The Morgan fingerprint density at radius 1 is 1.00 bits per heavy atom. The second-order valence-electron chi connectivity index (χ2n) is 6.83. The molecule has 0 saturated carbocycles.